The summed E-state index contributed by atoms with van der Waals surface area (Å²) in [6, 6.07) is 4.00. The predicted octanol–water partition coefficient (Wildman–Crippen LogP) is 6.40. The van der Waals surface area contributed by atoms with Crippen LogP contribution in [0.15, 0.2) is 80.0 Å². The smallest absolute Gasteiger partial charge is 0.0943 e. The Balaban J connectivity index is 0.000000349. The molecule has 1 N–H and O–H groups in total. The Kier molecular flexibility index (Phi) is 38.3. The van der Waals surface area contributed by atoms with Gasteiger partial charge in [0.25, 0.3) is 0 Å². The highest BCUT2D eigenvalue weighted by atomic mass is 32.2. The number of nitrogens with one attached hydrogen (secondary N) is 1. The first kappa shape index (κ1) is 57.6. The molecule has 9 heterocycles. The Morgan fingerprint density at radius 2 is 0.839 bits per heavy atom. The van der Waals surface area contributed by atoms with Gasteiger partial charge in [-0.05, 0) is 144 Å². The van der Waals surface area contributed by atoms with E-state index in [1.165, 1.54) is 135 Å². The fourth-order valence-electron chi connectivity index (χ4n) is 6.54. The molecule has 0 radical (unpaired) electrons. The van der Waals surface area contributed by atoms with Gasteiger partial charge in [0.05, 0.1) is 19.5 Å². The number of imidazole rings is 1. The monoisotopic (exact) mass is 886 g/mol. The molecule has 2 aromatic heterocycles. The summed E-state index contributed by atoms with van der Waals surface area (Å²) in [5, 5.41) is 3.27. The number of aryl methyl sites for hydroxylation is 2. The standard InChI is InChI=1S/C7H15N.C7H9N.C6H13N.C5H12N2.C5H11NO.C5H11NS.C5H11N.C5H7N.C4H6N2/c2*1-8-6-4-2-3-5-7-8;1-7-5-3-2-4-6-7;1-7-4-2-6-3-5-7;2*1-6-2-4-7-5-3-6;2*1-6-4-2-3-5-6;1-6-3-2-5-4-6/h2-7H2,1H3;2-7H,1H3;2-6H2,1H3;6H,2-5H2,1H3;2*2-5H2,1H3;2-5H2,1H3;2-5H,1H3;2-4H,1H3. The fourth-order valence-corrected chi connectivity index (χ4v) is 7.62. The number of aromatic nitrogens is 3. The van der Waals surface area contributed by atoms with Crippen LogP contribution in [0, 0.1) is 0 Å². The van der Waals surface area contributed by atoms with E-state index in [0.717, 1.165) is 39.4 Å². The average Bonchev–Trinajstić information content (AvgIpc) is 4.01. The second-order valence-corrected chi connectivity index (χ2v) is 18.5. The minimum absolute atomic E-state index is 0.913. The van der Waals surface area contributed by atoms with E-state index >= 15 is 0 Å². The lowest BCUT2D eigenvalue weighted by atomic mass is 10.1. The molecule has 358 valence electrons. The average molecular weight is 886 g/mol. The summed E-state index contributed by atoms with van der Waals surface area (Å²) in [7, 11) is 19.0. The maximum atomic E-state index is 5.10. The van der Waals surface area contributed by atoms with Crippen molar-refractivity contribution < 1.29 is 4.74 Å². The van der Waals surface area contributed by atoms with Gasteiger partial charge in [-0.15, -0.1) is 0 Å². The molecule has 0 saturated carbocycles. The number of likely N-dealkylation sites (tertiary alicyclic amines) is 3. The number of thioether (sulfide) groups is 1. The number of rotatable bonds is 0. The topological polar surface area (TPSA) is 66.7 Å². The van der Waals surface area contributed by atoms with Gasteiger partial charge in [0.1, 0.15) is 0 Å². The normalized spacial score (nSPS) is 21.0. The summed E-state index contributed by atoms with van der Waals surface area (Å²) >= 11 is 2.06. The van der Waals surface area contributed by atoms with Crippen LogP contribution in [0.4, 0.5) is 0 Å². The number of hydrogen-bond donors (Lipinski definition) is 1. The fraction of sp³-hybridized carbons (Fsp3) is 0.735. The molecule has 2 aromatic rings. The molecule has 0 spiro atoms. The summed E-state index contributed by atoms with van der Waals surface area (Å²) in [5.41, 5.74) is 0. The summed E-state index contributed by atoms with van der Waals surface area (Å²) in [6.45, 7) is 19.2. The lowest BCUT2D eigenvalue weighted by Gasteiger charge is -2.21. The maximum absolute atomic E-state index is 5.10. The molecule has 0 aliphatic carbocycles. The van der Waals surface area contributed by atoms with Crippen molar-refractivity contribution in [3.8, 4) is 0 Å². The van der Waals surface area contributed by atoms with E-state index in [1.54, 1.807) is 12.5 Å². The number of hydrogen-bond acceptors (Lipinski definition) is 11. The summed E-state index contributed by atoms with van der Waals surface area (Å²) in [4.78, 5) is 19.9. The molecule has 12 nitrogen and oxygen atoms in total. The quantitative estimate of drug-likeness (QED) is 0.320. The van der Waals surface area contributed by atoms with Crippen LogP contribution < -0.4 is 5.32 Å². The first-order valence-corrected chi connectivity index (χ1v) is 24.9. The van der Waals surface area contributed by atoms with E-state index in [1.807, 2.05) is 103 Å². The molecule has 13 heteroatoms. The first-order chi connectivity index (χ1) is 30.0. The lowest BCUT2D eigenvalue weighted by Crippen LogP contribution is -2.40. The van der Waals surface area contributed by atoms with Gasteiger partial charge >= 0.3 is 0 Å². The Morgan fingerprint density at radius 3 is 1.11 bits per heavy atom. The molecule has 62 heavy (non-hydrogen) atoms. The number of likely N-dealkylation sites (N-methyl/N-ethyl adjacent to an activating group) is 2. The van der Waals surface area contributed by atoms with Crippen molar-refractivity contribution in [3.05, 3.63) is 80.0 Å². The van der Waals surface area contributed by atoms with Crippen LogP contribution in [-0.2, 0) is 18.8 Å². The molecule has 0 aromatic carbocycles. The third-order valence-electron chi connectivity index (χ3n) is 10.9. The van der Waals surface area contributed by atoms with Crippen LogP contribution >= 0.6 is 11.8 Å². The van der Waals surface area contributed by atoms with Gasteiger partial charge in [-0.1, -0.05) is 31.4 Å². The van der Waals surface area contributed by atoms with Gasteiger partial charge in [-0.2, -0.15) is 11.8 Å². The van der Waals surface area contributed by atoms with E-state index in [-0.39, 0.29) is 0 Å². The zero-order valence-corrected chi connectivity index (χ0v) is 42.2. The van der Waals surface area contributed by atoms with Crippen molar-refractivity contribution in [2.24, 2.45) is 14.1 Å². The zero-order valence-electron chi connectivity index (χ0n) is 41.4. The van der Waals surface area contributed by atoms with Crippen LogP contribution in [0.2, 0.25) is 0 Å². The largest absolute Gasteiger partial charge is 0.379 e. The Bertz CT molecular complexity index is 1140. The molecule has 0 amide bonds. The van der Waals surface area contributed by atoms with Crippen LogP contribution in [0.5, 0.6) is 0 Å². The predicted molar refractivity (Wildman–Crippen MR) is 271 cm³/mol. The zero-order chi connectivity index (χ0) is 45.3. The van der Waals surface area contributed by atoms with Gasteiger partial charge in [0, 0.05) is 122 Å². The number of piperidine rings is 1. The van der Waals surface area contributed by atoms with Gasteiger partial charge in [0.15, 0.2) is 0 Å². The Morgan fingerprint density at radius 1 is 0.435 bits per heavy atom. The van der Waals surface area contributed by atoms with Crippen LogP contribution in [0.25, 0.3) is 0 Å². The minimum atomic E-state index is 0.913. The number of nitrogens with zero attached hydrogens (tertiary/aromatic N) is 10. The molecule has 6 fully saturated rings. The van der Waals surface area contributed by atoms with Crippen molar-refractivity contribution in [2.75, 3.05) is 166 Å². The second kappa shape index (κ2) is 41.3. The van der Waals surface area contributed by atoms with Crippen LogP contribution in [0.3, 0.4) is 0 Å². The van der Waals surface area contributed by atoms with Gasteiger partial charge in [0.2, 0.25) is 0 Å². The molecule has 0 unspecified atom stereocenters. The van der Waals surface area contributed by atoms with Crippen molar-refractivity contribution in [2.45, 2.75) is 57.8 Å². The van der Waals surface area contributed by atoms with Gasteiger partial charge < -0.3 is 53.5 Å². The van der Waals surface area contributed by atoms with Crippen molar-refractivity contribution in [1.29, 1.82) is 0 Å². The summed E-state index contributed by atoms with van der Waals surface area (Å²) in [5.74, 6) is 2.66. The number of ether oxygens (including phenoxy) is 1. The molecule has 6 saturated heterocycles. The van der Waals surface area contributed by atoms with E-state index in [0.29, 0.717) is 0 Å². The molecule has 7 aliphatic rings. The number of morpholine rings is 1. The highest BCUT2D eigenvalue weighted by molar-refractivity contribution is 7.99. The van der Waals surface area contributed by atoms with E-state index < -0.39 is 0 Å². The number of allylic oxidation sites excluding steroid dienone is 4. The Labute approximate surface area is 386 Å². The maximum Gasteiger partial charge on any atom is 0.0943 e. The highest BCUT2D eigenvalue weighted by Crippen LogP contribution is 2.07. The Hall–Kier alpha value is -2.46. The van der Waals surface area contributed by atoms with Crippen LogP contribution in [0.1, 0.15) is 57.8 Å². The number of piperazine rings is 1. The molecular weight excluding hydrogens is 791 g/mol. The van der Waals surface area contributed by atoms with Gasteiger partial charge in [-0.3, -0.25) is 0 Å². The summed E-state index contributed by atoms with van der Waals surface area (Å²) in [6.07, 6.45) is 34.2. The molecule has 7 aliphatic heterocycles. The van der Waals surface area contributed by atoms with E-state index in [4.69, 9.17) is 4.74 Å². The molecule has 0 bridgehead atoms. The minimum Gasteiger partial charge on any atom is -0.379 e. The summed E-state index contributed by atoms with van der Waals surface area (Å²) < 4.78 is 8.99. The first-order valence-electron chi connectivity index (χ1n) is 23.7. The van der Waals surface area contributed by atoms with Crippen molar-refractivity contribution in [3.63, 3.8) is 0 Å². The van der Waals surface area contributed by atoms with Crippen LogP contribution in [-0.4, -0.2) is 214 Å². The third-order valence-corrected chi connectivity index (χ3v) is 11.9. The van der Waals surface area contributed by atoms with Gasteiger partial charge in [-0.25, -0.2) is 4.98 Å². The highest BCUT2D eigenvalue weighted by Gasteiger charge is 2.05. The molecule has 0 atom stereocenters. The molecular formula is C49H95N11OS. The third kappa shape index (κ3) is 39.2. The second-order valence-electron chi connectivity index (χ2n) is 17.3. The van der Waals surface area contributed by atoms with E-state index in [2.05, 4.69) is 93.7 Å². The lowest BCUT2D eigenvalue weighted by molar-refractivity contribution is 0.0503. The SMILES string of the molecule is CN1C=CC=CC=C1.CN1CCCC1.CN1CCCCC1.CN1CCCCCC1.CN1CCNCC1.CN1CCOCC1.CN1CCSCC1.Cn1cccc1.Cn1ccnc1. The van der Waals surface area contributed by atoms with Crippen molar-refractivity contribution in [1.82, 2.24) is 53.7 Å². The van der Waals surface area contributed by atoms with Crippen molar-refractivity contribution >= 4 is 11.8 Å². The molecule has 9 rings (SSSR count). The van der Waals surface area contributed by atoms with E-state index in [9.17, 15) is 0 Å².